The van der Waals surface area contributed by atoms with Gasteiger partial charge in [-0.25, -0.2) is 4.98 Å². The molecule has 1 aromatic heterocycles. The molecule has 0 saturated heterocycles. The van der Waals surface area contributed by atoms with Gasteiger partial charge in [0.05, 0.1) is 0 Å². The zero-order valence-electron chi connectivity index (χ0n) is 8.66. The minimum Gasteiger partial charge on any atom is -0.358 e. The quantitative estimate of drug-likeness (QED) is 0.810. The number of nitrogens with one attached hydrogen (secondary N) is 1. The molecule has 74 valence electrons. The molecule has 0 radical (unpaired) electrons. The highest BCUT2D eigenvalue weighted by atomic mass is 32.1. The molecule has 1 heterocycles. The molecular formula is C9H17N3S. The Morgan fingerprint density at radius 2 is 2.08 bits per heavy atom. The van der Waals surface area contributed by atoms with Crippen LogP contribution in [0, 0.1) is 12.8 Å². The third kappa shape index (κ3) is 3.72. The number of anilines is 1. The Balaban J connectivity index is 2.40. The second kappa shape index (κ2) is 4.56. The molecule has 0 aliphatic rings. The predicted octanol–water partition coefficient (Wildman–Crippen LogP) is 2.69. The van der Waals surface area contributed by atoms with Gasteiger partial charge in [-0.15, -0.1) is 0 Å². The fourth-order valence-electron chi connectivity index (χ4n) is 1.33. The van der Waals surface area contributed by atoms with Crippen molar-refractivity contribution < 1.29 is 0 Å². The topological polar surface area (TPSA) is 37.8 Å². The first-order valence-corrected chi connectivity index (χ1v) is 5.42. The molecule has 1 aromatic rings. The van der Waals surface area contributed by atoms with E-state index < -0.39 is 0 Å². The number of rotatable bonds is 4. The second-order valence-corrected chi connectivity index (χ2v) is 4.57. The molecule has 3 nitrogen and oxygen atoms in total. The van der Waals surface area contributed by atoms with Crippen LogP contribution in [0.3, 0.4) is 0 Å². The van der Waals surface area contributed by atoms with Crippen molar-refractivity contribution in [1.29, 1.82) is 0 Å². The van der Waals surface area contributed by atoms with Crippen molar-refractivity contribution >= 4 is 16.7 Å². The molecule has 1 rings (SSSR count). The summed E-state index contributed by atoms with van der Waals surface area (Å²) in [6.45, 7) is 8.54. The van der Waals surface area contributed by atoms with Crippen LogP contribution in [-0.4, -0.2) is 15.4 Å². The van der Waals surface area contributed by atoms with E-state index >= 15 is 0 Å². The molecule has 4 heteroatoms. The molecule has 0 aromatic carbocycles. The summed E-state index contributed by atoms with van der Waals surface area (Å²) in [7, 11) is 0. The maximum absolute atomic E-state index is 4.25. The SMILES string of the molecule is Cc1nsc(NC(C)CC(C)C)n1. The molecule has 0 aliphatic heterocycles. The fourth-order valence-corrected chi connectivity index (χ4v) is 2.02. The molecule has 13 heavy (non-hydrogen) atoms. The van der Waals surface area contributed by atoms with Gasteiger partial charge in [-0.3, -0.25) is 0 Å². The first-order chi connectivity index (χ1) is 6.08. The van der Waals surface area contributed by atoms with Crippen LogP contribution in [0.2, 0.25) is 0 Å². The molecule has 0 saturated carbocycles. The van der Waals surface area contributed by atoms with Crippen LogP contribution in [0.5, 0.6) is 0 Å². The van der Waals surface area contributed by atoms with Crippen LogP contribution in [0.15, 0.2) is 0 Å². The highest BCUT2D eigenvalue weighted by Crippen LogP contribution is 2.14. The summed E-state index contributed by atoms with van der Waals surface area (Å²) in [4.78, 5) is 4.25. The van der Waals surface area contributed by atoms with Gasteiger partial charge in [0.1, 0.15) is 5.82 Å². The summed E-state index contributed by atoms with van der Waals surface area (Å²) in [5.41, 5.74) is 0. The lowest BCUT2D eigenvalue weighted by molar-refractivity contribution is 0.539. The van der Waals surface area contributed by atoms with Crippen molar-refractivity contribution in [3.63, 3.8) is 0 Å². The number of aryl methyl sites for hydroxylation is 1. The van der Waals surface area contributed by atoms with Crippen molar-refractivity contribution in [1.82, 2.24) is 9.36 Å². The Morgan fingerprint density at radius 3 is 2.54 bits per heavy atom. The lowest BCUT2D eigenvalue weighted by atomic mass is 10.1. The standard InChI is InChI=1S/C9H17N3S/c1-6(2)5-7(3)10-9-11-8(4)12-13-9/h6-7H,5H2,1-4H3,(H,10,11,12). The van der Waals surface area contributed by atoms with E-state index in [2.05, 4.69) is 35.4 Å². The van der Waals surface area contributed by atoms with Crippen LogP contribution < -0.4 is 5.32 Å². The van der Waals surface area contributed by atoms with Gasteiger partial charge < -0.3 is 5.32 Å². The average Bonchev–Trinajstić information content (AvgIpc) is 2.33. The molecule has 0 spiro atoms. The Hall–Kier alpha value is -0.640. The van der Waals surface area contributed by atoms with Crippen molar-refractivity contribution in [3.05, 3.63) is 5.82 Å². The van der Waals surface area contributed by atoms with Crippen LogP contribution in [0.25, 0.3) is 0 Å². The van der Waals surface area contributed by atoms with Gasteiger partial charge in [-0.2, -0.15) is 4.37 Å². The number of hydrogen-bond acceptors (Lipinski definition) is 4. The summed E-state index contributed by atoms with van der Waals surface area (Å²) >= 11 is 1.43. The summed E-state index contributed by atoms with van der Waals surface area (Å²) in [5.74, 6) is 1.57. The molecule has 1 N–H and O–H groups in total. The van der Waals surface area contributed by atoms with Gasteiger partial charge in [0.2, 0.25) is 5.13 Å². The van der Waals surface area contributed by atoms with Crippen molar-refractivity contribution in [2.75, 3.05) is 5.32 Å². The summed E-state index contributed by atoms with van der Waals surface area (Å²) in [5, 5.41) is 4.27. The highest BCUT2D eigenvalue weighted by Gasteiger charge is 2.07. The molecule has 0 bridgehead atoms. The van der Waals surface area contributed by atoms with Crippen LogP contribution in [0.1, 0.15) is 33.0 Å². The summed E-state index contributed by atoms with van der Waals surface area (Å²) in [6.07, 6.45) is 1.17. The van der Waals surface area contributed by atoms with E-state index in [-0.39, 0.29) is 0 Å². The van der Waals surface area contributed by atoms with Crippen LogP contribution in [-0.2, 0) is 0 Å². The molecule has 1 unspecified atom stereocenters. The minimum atomic E-state index is 0.479. The van der Waals surface area contributed by atoms with Gasteiger partial charge >= 0.3 is 0 Å². The van der Waals surface area contributed by atoms with Gasteiger partial charge in [0, 0.05) is 17.6 Å². The van der Waals surface area contributed by atoms with Crippen LogP contribution in [0.4, 0.5) is 5.13 Å². The van der Waals surface area contributed by atoms with E-state index in [1.807, 2.05) is 6.92 Å². The summed E-state index contributed by atoms with van der Waals surface area (Å²) < 4.78 is 4.12. The zero-order chi connectivity index (χ0) is 9.84. The van der Waals surface area contributed by atoms with E-state index in [0.29, 0.717) is 6.04 Å². The number of aromatic nitrogens is 2. The van der Waals surface area contributed by atoms with Crippen molar-refractivity contribution in [2.24, 2.45) is 5.92 Å². The largest absolute Gasteiger partial charge is 0.358 e. The van der Waals surface area contributed by atoms with Gasteiger partial charge in [0.15, 0.2) is 0 Å². The molecule has 0 fully saturated rings. The monoisotopic (exact) mass is 199 g/mol. The predicted molar refractivity (Wildman–Crippen MR) is 57.2 cm³/mol. The fraction of sp³-hybridized carbons (Fsp3) is 0.778. The Labute approximate surface area is 83.8 Å². The first-order valence-electron chi connectivity index (χ1n) is 4.64. The van der Waals surface area contributed by atoms with Gasteiger partial charge in [-0.1, -0.05) is 13.8 Å². The normalized spacial score (nSPS) is 13.3. The van der Waals surface area contributed by atoms with Gasteiger partial charge in [0.25, 0.3) is 0 Å². The van der Waals surface area contributed by atoms with Crippen LogP contribution >= 0.6 is 11.5 Å². The highest BCUT2D eigenvalue weighted by molar-refractivity contribution is 7.09. The van der Waals surface area contributed by atoms with Crippen molar-refractivity contribution in [2.45, 2.75) is 40.2 Å². The Bertz CT molecular complexity index is 257. The number of nitrogens with zero attached hydrogens (tertiary/aromatic N) is 2. The smallest absolute Gasteiger partial charge is 0.202 e. The minimum absolute atomic E-state index is 0.479. The average molecular weight is 199 g/mol. The van der Waals surface area contributed by atoms with E-state index in [1.54, 1.807) is 0 Å². The third-order valence-corrected chi connectivity index (χ3v) is 2.46. The van der Waals surface area contributed by atoms with Gasteiger partial charge in [-0.05, 0) is 26.2 Å². The molecule has 1 atom stereocenters. The Morgan fingerprint density at radius 1 is 1.38 bits per heavy atom. The summed E-state index contributed by atoms with van der Waals surface area (Å²) in [6, 6.07) is 0.479. The van der Waals surface area contributed by atoms with Crippen molar-refractivity contribution in [3.8, 4) is 0 Å². The zero-order valence-corrected chi connectivity index (χ0v) is 9.48. The van der Waals surface area contributed by atoms with E-state index in [4.69, 9.17) is 0 Å². The maximum atomic E-state index is 4.25. The third-order valence-electron chi connectivity index (χ3n) is 1.72. The molecule has 0 aliphatic carbocycles. The molecular weight excluding hydrogens is 182 g/mol. The van der Waals surface area contributed by atoms with E-state index in [1.165, 1.54) is 18.0 Å². The van der Waals surface area contributed by atoms with E-state index in [9.17, 15) is 0 Å². The second-order valence-electron chi connectivity index (χ2n) is 3.82. The molecule has 0 amide bonds. The first kappa shape index (κ1) is 10.4. The Kier molecular flexibility index (Phi) is 3.66. The lowest BCUT2D eigenvalue weighted by Gasteiger charge is -2.14. The maximum Gasteiger partial charge on any atom is 0.202 e. The number of hydrogen-bond donors (Lipinski definition) is 1. The van der Waals surface area contributed by atoms with E-state index in [0.717, 1.165) is 16.9 Å². The lowest BCUT2D eigenvalue weighted by Crippen LogP contribution is -2.17.